The predicted molar refractivity (Wildman–Crippen MR) is 131 cm³/mol. The second-order valence-electron chi connectivity index (χ2n) is 9.60. The van der Waals surface area contributed by atoms with Gasteiger partial charge in [0, 0.05) is 29.1 Å². The summed E-state index contributed by atoms with van der Waals surface area (Å²) in [5, 5.41) is 1.63. The molecule has 5 atom stereocenters. The van der Waals surface area contributed by atoms with Crippen LogP contribution in [0.4, 0.5) is 0 Å². The number of carbonyl (C=O) groups is 1. The Morgan fingerprint density at radius 3 is 2.82 bits per heavy atom. The Labute approximate surface area is 207 Å². The maximum absolute atomic E-state index is 12.6. The van der Waals surface area contributed by atoms with Crippen molar-refractivity contribution in [3.63, 3.8) is 0 Å². The van der Waals surface area contributed by atoms with Crippen molar-refractivity contribution in [1.82, 2.24) is 9.88 Å². The van der Waals surface area contributed by atoms with Crippen LogP contribution in [0.5, 0.6) is 11.5 Å². The zero-order chi connectivity index (χ0) is 23.2. The van der Waals surface area contributed by atoms with Crippen molar-refractivity contribution in [2.24, 2.45) is 17.8 Å². The van der Waals surface area contributed by atoms with Crippen molar-refractivity contribution in [1.29, 1.82) is 0 Å². The first-order chi connectivity index (χ1) is 16.6. The molecule has 0 spiro atoms. The number of aromatic amines is 1. The van der Waals surface area contributed by atoms with Crippen molar-refractivity contribution in [3.8, 4) is 11.5 Å². The molecule has 2 saturated carbocycles. The maximum atomic E-state index is 12.6. The highest BCUT2D eigenvalue weighted by Crippen LogP contribution is 2.63. The molecule has 4 unspecified atom stereocenters. The normalized spacial score (nSPS) is 29.6. The van der Waals surface area contributed by atoms with Gasteiger partial charge in [0.2, 0.25) is 0 Å². The first kappa shape index (κ1) is 22.5. The Hall–Kier alpha value is -1.97. The number of thiazole rings is 1. The highest BCUT2D eigenvalue weighted by Gasteiger charge is 2.54. The number of carbonyl (C=O) groups excluding carboxylic acids is 1. The van der Waals surface area contributed by atoms with Crippen LogP contribution in [-0.4, -0.2) is 60.6 Å². The van der Waals surface area contributed by atoms with E-state index in [1.54, 1.807) is 4.90 Å². The fourth-order valence-electron chi connectivity index (χ4n) is 6.37. The Balaban J connectivity index is 1.29. The molecule has 2 aliphatic carbocycles. The number of amides is 1. The number of rotatable bonds is 6. The minimum Gasteiger partial charge on any atom is -0.490 e. The van der Waals surface area contributed by atoms with Crippen LogP contribution in [-0.2, 0) is 9.53 Å². The van der Waals surface area contributed by atoms with Crippen LogP contribution < -0.4 is 14.3 Å². The summed E-state index contributed by atoms with van der Waals surface area (Å²) in [6.07, 6.45) is 3.91. The summed E-state index contributed by atoms with van der Waals surface area (Å²) in [5.41, 5.74) is 1.18. The molecule has 1 N–H and O–H groups in total. The number of thioether (sulfide) groups is 1. The molecule has 4 aliphatic rings. The average molecular weight is 503 g/mol. The fourth-order valence-corrected chi connectivity index (χ4v) is 9.27. The van der Waals surface area contributed by atoms with E-state index in [4.69, 9.17) is 14.2 Å². The van der Waals surface area contributed by atoms with E-state index < -0.39 is 0 Å². The number of morpholine rings is 1. The number of fused-ring (bicyclic) bond motifs is 6. The molecule has 2 aromatic rings. The molecule has 2 bridgehead atoms. The van der Waals surface area contributed by atoms with Gasteiger partial charge in [0.25, 0.3) is 5.91 Å². The van der Waals surface area contributed by atoms with Crippen LogP contribution in [0.1, 0.15) is 42.5 Å². The van der Waals surface area contributed by atoms with Crippen molar-refractivity contribution < 1.29 is 19.0 Å². The van der Waals surface area contributed by atoms with E-state index in [1.807, 2.05) is 24.8 Å². The highest BCUT2D eigenvalue weighted by molar-refractivity contribution is 8.00. The first-order valence-corrected chi connectivity index (χ1v) is 14.0. The van der Waals surface area contributed by atoms with Crippen LogP contribution in [0, 0.1) is 17.8 Å². The highest BCUT2D eigenvalue weighted by atomic mass is 32.2. The van der Waals surface area contributed by atoms with Gasteiger partial charge in [0.1, 0.15) is 0 Å². The second-order valence-corrected chi connectivity index (χ2v) is 11.8. The quantitative estimate of drug-likeness (QED) is 0.649. The largest absolute Gasteiger partial charge is 0.490 e. The summed E-state index contributed by atoms with van der Waals surface area (Å²) in [6, 6.07) is 6.12. The third-order valence-electron chi connectivity index (χ3n) is 7.81. The summed E-state index contributed by atoms with van der Waals surface area (Å²) >= 11 is 3.26. The van der Waals surface area contributed by atoms with Gasteiger partial charge in [-0.1, -0.05) is 17.4 Å². The van der Waals surface area contributed by atoms with E-state index in [2.05, 4.69) is 17.1 Å². The summed E-state index contributed by atoms with van der Waals surface area (Å²) in [5.74, 6) is 3.43. The van der Waals surface area contributed by atoms with Gasteiger partial charge in [-0.2, -0.15) is 0 Å². The fraction of sp³-hybridized carbons (Fsp3) is 0.600. The minimum absolute atomic E-state index is 0.0164. The zero-order valence-electron chi connectivity index (χ0n) is 19.3. The average Bonchev–Trinajstić information content (AvgIpc) is 3.56. The molecule has 1 saturated heterocycles. The molecule has 9 heteroatoms. The number of aromatic nitrogens is 1. The number of H-pyrrole nitrogens is 1. The van der Waals surface area contributed by atoms with Gasteiger partial charge in [0.15, 0.2) is 18.1 Å². The standard InChI is InChI=1S/C25H30N2O5S2/c1-2-31-18-12-15(5-6-17(18)32-13-19(28)27-7-9-30-10-8-27)21-20-14-3-4-16(11-14)22(20)33-24-23(21)34-25(29)26-24/h5-6,12,14,16,20-22H,2-4,7-11,13H2,1H3,(H,26,29)/t14?,16?,20?,21-,22?/m1/s1. The van der Waals surface area contributed by atoms with Crippen LogP contribution in [0.25, 0.3) is 0 Å². The lowest BCUT2D eigenvalue weighted by molar-refractivity contribution is -0.137. The molecular formula is C25H30N2O5S2. The molecular weight excluding hydrogens is 472 g/mol. The molecule has 34 heavy (non-hydrogen) atoms. The third-order valence-corrected chi connectivity index (χ3v) is 10.4. The third kappa shape index (κ3) is 3.95. The van der Waals surface area contributed by atoms with Crippen molar-refractivity contribution in [2.75, 3.05) is 39.5 Å². The number of nitrogens with zero attached hydrogens (tertiary/aromatic N) is 1. The monoisotopic (exact) mass is 502 g/mol. The summed E-state index contributed by atoms with van der Waals surface area (Å²) < 4.78 is 17.2. The number of benzene rings is 1. The van der Waals surface area contributed by atoms with Crippen LogP contribution in [0.15, 0.2) is 28.0 Å². The molecule has 182 valence electrons. The minimum atomic E-state index is -0.0364. The molecule has 7 nitrogen and oxygen atoms in total. The van der Waals surface area contributed by atoms with Gasteiger partial charge in [-0.3, -0.25) is 9.59 Å². The SMILES string of the molecule is CCOc1cc([C@H]2c3sc(=O)[nH]c3SC3C4CCC(C4)C32)ccc1OCC(=O)N1CCOCC1. The number of hydrogen-bond donors (Lipinski definition) is 1. The van der Waals surface area contributed by atoms with Crippen LogP contribution in [0.3, 0.4) is 0 Å². The van der Waals surface area contributed by atoms with Gasteiger partial charge in [-0.25, -0.2) is 0 Å². The lowest BCUT2D eigenvalue weighted by Crippen LogP contribution is -2.43. The Morgan fingerprint density at radius 2 is 2.00 bits per heavy atom. The smallest absolute Gasteiger partial charge is 0.305 e. The van der Waals surface area contributed by atoms with Crippen LogP contribution >= 0.6 is 23.1 Å². The molecule has 3 heterocycles. The molecule has 3 fully saturated rings. The molecule has 2 aliphatic heterocycles. The molecule has 1 aromatic carbocycles. The van der Waals surface area contributed by atoms with Crippen molar-refractivity contribution >= 4 is 29.0 Å². The Kier molecular flexibility index (Phi) is 6.11. The first-order valence-electron chi connectivity index (χ1n) is 12.3. The maximum Gasteiger partial charge on any atom is 0.305 e. The van der Waals surface area contributed by atoms with Crippen molar-refractivity contribution in [3.05, 3.63) is 38.3 Å². The number of ether oxygens (including phenoxy) is 3. The molecule has 1 aromatic heterocycles. The number of hydrogen-bond acceptors (Lipinski definition) is 7. The number of nitrogens with one attached hydrogen (secondary N) is 1. The van der Waals surface area contributed by atoms with E-state index in [1.165, 1.54) is 41.0 Å². The van der Waals surface area contributed by atoms with E-state index in [-0.39, 0.29) is 23.3 Å². The lowest BCUT2D eigenvalue weighted by atomic mass is 9.75. The van der Waals surface area contributed by atoms with E-state index in [0.717, 1.165) is 16.9 Å². The van der Waals surface area contributed by atoms with E-state index in [0.29, 0.717) is 55.6 Å². The van der Waals surface area contributed by atoms with Gasteiger partial charge in [0.05, 0.1) is 24.8 Å². The van der Waals surface area contributed by atoms with Gasteiger partial charge >= 0.3 is 4.87 Å². The van der Waals surface area contributed by atoms with Crippen LogP contribution in [0.2, 0.25) is 0 Å². The summed E-state index contributed by atoms with van der Waals surface area (Å²) in [7, 11) is 0. The van der Waals surface area contributed by atoms with Gasteiger partial charge < -0.3 is 24.1 Å². The topological polar surface area (TPSA) is 80.9 Å². The van der Waals surface area contributed by atoms with Gasteiger partial charge in [-0.05, 0) is 61.6 Å². The van der Waals surface area contributed by atoms with Crippen molar-refractivity contribution in [2.45, 2.75) is 42.4 Å². The van der Waals surface area contributed by atoms with E-state index >= 15 is 0 Å². The lowest BCUT2D eigenvalue weighted by Gasteiger charge is -2.40. The molecule has 6 rings (SSSR count). The Bertz CT molecular complexity index is 1120. The van der Waals surface area contributed by atoms with E-state index in [9.17, 15) is 9.59 Å². The second kappa shape index (κ2) is 9.24. The predicted octanol–water partition coefficient (Wildman–Crippen LogP) is 3.73. The zero-order valence-corrected chi connectivity index (χ0v) is 20.9. The molecule has 0 radical (unpaired) electrons. The van der Waals surface area contributed by atoms with Gasteiger partial charge in [-0.15, -0.1) is 11.8 Å². The summed E-state index contributed by atoms with van der Waals surface area (Å²) in [4.78, 5) is 30.9. The Morgan fingerprint density at radius 1 is 1.18 bits per heavy atom. The molecule has 1 amide bonds. The summed E-state index contributed by atoms with van der Waals surface area (Å²) in [6.45, 7) is 4.80.